The second kappa shape index (κ2) is 19.2. The molecular weight excluding hydrogens is 351 g/mol. The van der Waals surface area contributed by atoms with E-state index in [-0.39, 0.29) is 42.1 Å². The fraction of sp³-hybridized carbons (Fsp3) is 0.889. The van der Waals surface area contributed by atoms with Crippen LogP contribution in [0.5, 0.6) is 0 Å². The maximum Gasteiger partial charge on any atom is 1.00 e. The van der Waals surface area contributed by atoms with E-state index in [0.29, 0.717) is 6.61 Å². The molecule has 0 atom stereocenters. The summed E-state index contributed by atoms with van der Waals surface area (Å²) in [7, 11) is -4.32. The molecule has 25 heavy (non-hydrogen) atoms. The predicted octanol–water partition coefficient (Wildman–Crippen LogP) is 1.74. The molecule has 0 saturated heterocycles. The monoisotopic (exact) mass is 386 g/mol. The molecule has 0 aromatic carbocycles. The maximum atomic E-state index is 10.5. The standard InChI is InChI=1S/C18H36O5S.Na/c1-3-4-5-6-7-8-9-10-11-12-13-14-15-22-17-23-18(2)16-24(19,20)21;/h2-17H2,1H3,(H,19,20,21);/q;+1/p-1. The van der Waals surface area contributed by atoms with Gasteiger partial charge in [0.1, 0.15) is 15.9 Å². The summed E-state index contributed by atoms with van der Waals surface area (Å²) in [5.41, 5.74) is 0. The topological polar surface area (TPSA) is 75.7 Å². The van der Waals surface area contributed by atoms with Gasteiger partial charge in [-0.15, -0.1) is 0 Å². The summed E-state index contributed by atoms with van der Waals surface area (Å²) in [4.78, 5) is 0. The van der Waals surface area contributed by atoms with E-state index in [2.05, 4.69) is 13.5 Å². The van der Waals surface area contributed by atoms with Gasteiger partial charge < -0.3 is 14.0 Å². The SMILES string of the molecule is C=C(CS(=O)(=O)[O-])OCOCCCCCCCCCCCCCC.[Na+]. The van der Waals surface area contributed by atoms with E-state index in [9.17, 15) is 13.0 Å². The molecule has 0 rings (SSSR count). The normalized spacial score (nSPS) is 11.1. The minimum atomic E-state index is -4.32. The molecule has 7 heteroatoms. The average Bonchev–Trinajstić information content (AvgIpc) is 2.49. The van der Waals surface area contributed by atoms with Crippen LogP contribution in [0.2, 0.25) is 0 Å². The van der Waals surface area contributed by atoms with Crippen molar-refractivity contribution in [2.75, 3.05) is 19.2 Å². The van der Waals surface area contributed by atoms with Crippen molar-refractivity contribution in [1.29, 1.82) is 0 Å². The second-order valence-corrected chi connectivity index (χ2v) is 7.70. The molecule has 0 aromatic rings. The number of hydrogen-bond acceptors (Lipinski definition) is 5. The number of hydrogen-bond donors (Lipinski definition) is 0. The van der Waals surface area contributed by atoms with Gasteiger partial charge in [0, 0.05) is 0 Å². The summed E-state index contributed by atoms with van der Waals surface area (Å²) in [6, 6.07) is 0. The fourth-order valence-corrected chi connectivity index (χ4v) is 2.95. The van der Waals surface area contributed by atoms with Crippen molar-refractivity contribution in [3.8, 4) is 0 Å². The predicted molar refractivity (Wildman–Crippen MR) is 96.7 cm³/mol. The first-order valence-electron chi connectivity index (χ1n) is 9.27. The summed E-state index contributed by atoms with van der Waals surface area (Å²) >= 11 is 0. The molecule has 0 radical (unpaired) electrons. The van der Waals surface area contributed by atoms with Crippen molar-refractivity contribution in [3.05, 3.63) is 12.3 Å². The Morgan fingerprint density at radius 2 is 1.32 bits per heavy atom. The zero-order chi connectivity index (χ0) is 18.1. The molecular formula is C18H35NaO5S. The van der Waals surface area contributed by atoms with Gasteiger partial charge in [-0.3, -0.25) is 0 Å². The second-order valence-electron chi connectivity index (χ2n) is 6.30. The van der Waals surface area contributed by atoms with Gasteiger partial charge >= 0.3 is 29.6 Å². The van der Waals surface area contributed by atoms with Crippen molar-refractivity contribution in [2.45, 2.75) is 84.0 Å². The Labute approximate surface area is 177 Å². The summed E-state index contributed by atoms with van der Waals surface area (Å²) in [5.74, 6) is -0.769. The molecule has 0 amide bonds. The van der Waals surface area contributed by atoms with E-state index in [1.54, 1.807) is 0 Å². The molecule has 0 heterocycles. The van der Waals surface area contributed by atoms with Crippen LogP contribution in [0.3, 0.4) is 0 Å². The first kappa shape index (κ1) is 27.6. The van der Waals surface area contributed by atoms with Crippen molar-refractivity contribution < 1.29 is 52.0 Å². The molecule has 0 unspecified atom stereocenters. The molecule has 0 aromatic heterocycles. The van der Waals surface area contributed by atoms with Crippen LogP contribution in [0.25, 0.3) is 0 Å². The van der Waals surface area contributed by atoms with Gasteiger partial charge in [-0.1, -0.05) is 84.1 Å². The van der Waals surface area contributed by atoms with Crippen LogP contribution in [0.1, 0.15) is 84.0 Å². The third-order valence-corrected chi connectivity index (χ3v) is 4.50. The van der Waals surface area contributed by atoms with Crippen LogP contribution < -0.4 is 29.6 Å². The average molecular weight is 387 g/mol. The van der Waals surface area contributed by atoms with Crippen molar-refractivity contribution in [1.82, 2.24) is 0 Å². The molecule has 144 valence electrons. The third-order valence-electron chi connectivity index (χ3n) is 3.83. The molecule has 0 bridgehead atoms. The first-order valence-corrected chi connectivity index (χ1v) is 10.9. The largest absolute Gasteiger partial charge is 1.00 e. The molecule has 0 N–H and O–H groups in total. The summed E-state index contributed by atoms with van der Waals surface area (Å²) in [6.07, 6.45) is 15.5. The van der Waals surface area contributed by atoms with Crippen molar-refractivity contribution in [2.24, 2.45) is 0 Å². The molecule has 5 nitrogen and oxygen atoms in total. The van der Waals surface area contributed by atoms with Crippen molar-refractivity contribution in [3.63, 3.8) is 0 Å². The third kappa shape index (κ3) is 24.4. The van der Waals surface area contributed by atoms with E-state index < -0.39 is 15.9 Å². The Bertz CT molecular complexity index is 398. The Hall–Kier alpha value is 0.410. The van der Waals surface area contributed by atoms with E-state index in [1.165, 1.54) is 64.2 Å². The van der Waals surface area contributed by atoms with Gasteiger partial charge in [0.2, 0.25) is 0 Å². The fourth-order valence-electron chi connectivity index (χ4n) is 2.47. The van der Waals surface area contributed by atoms with Gasteiger partial charge in [-0.05, 0) is 6.42 Å². The molecule has 0 saturated carbocycles. The van der Waals surface area contributed by atoms with Crippen LogP contribution in [-0.4, -0.2) is 32.1 Å². The molecule has 0 aliphatic heterocycles. The molecule has 0 aliphatic rings. The minimum Gasteiger partial charge on any atom is -0.748 e. The van der Waals surface area contributed by atoms with E-state index in [0.717, 1.165) is 12.8 Å². The van der Waals surface area contributed by atoms with E-state index in [4.69, 9.17) is 9.47 Å². The number of unbranched alkanes of at least 4 members (excludes halogenated alkanes) is 11. The summed E-state index contributed by atoms with van der Waals surface area (Å²) < 4.78 is 41.6. The smallest absolute Gasteiger partial charge is 0.748 e. The van der Waals surface area contributed by atoms with E-state index >= 15 is 0 Å². The quantitative estimate of drug-likeness (QED) is 0.118. The van der Waals surface area contributed by atoms with Gasteiger partial charge in [0.25, 0.3) is 0 Å². The number of ether oxygens (including phenoxy) is 2. The summed E-state index contributed by atoms with van der Waals surface area (Å²) in [6.45, 7) is 6.14. The van der Waals surface area contributed by atoms with Crippen molar-refractivity contribution >= 4 is 10.1 Å². The van der Waals surface area contributed by atoms with Gasteiger partial charge in [0.15, 0.2) is 6.79 Å². The molecule has 0 aliphatic carbocycles. The van der Waals surface area contributed by atoms with Gasteiger partial charge in [0.05, 0.1) is 12.4 Å². The van der Waals surface area contributed by atoms with E-state index in [1.807, 2.05) is 0 Å². The van der Waals surface area contributed by atoms with Crippen LogP contribution >= 0.6 is 0 Å². The van der Waals surface area contributed by atoms with Crippen LogP contribution in [-0.2, 0) is 19.6 Å². The van der Waals surface area contributed by atoms with Crippen LogP contribution in [0, 0.1) is 0 Å². The molecule has 0 fully saturated rings. The first-order chi connectivity index (χ1) is 11.5. The maximum absolute atomic E-state index is 10.5. The Kier molecular flexibility index (Phi) is 21.2. The summed E-state index contributed by atoms with van der Waals surface area (Å²) in [5, 5.41) is 0. The minimum absolute atomic E-state index is 0. The zero-order valence-corrected chi connectivity index (χ0v) is 19.1. The zero-order valence-electron chi connectivity index (χ0n) is 16.3. The van der Waals surface area contributed by atoms with Gasteiger partial charge in [-0.25, -0.2) is 8.42 Å². The van der Waals surface area contributed by atoms with Crippen LogP contribution in [0.15, 0.2) is 12.3 Å². The Morgan fingerprint density at radius 1 is 0.880 bits per heavy atom. The molecule has 0 spiro atoms. The van der Waals surface area contributed by atoms with Crippen LogP contribution in [0.4, 0.5) is 0 Å². The Morgan fingerprint density at radius 3 is 1.76 bits per heavy atom. The van der Waals surface area contributed by atoms with Gasteiger partial charge in [-0.2, -0.15) is 0 Å². The number of rotatable bonds is 18. The Balaban J connectivity index is 0.